The maximum atomic E-state index is 13.5. The zero-order chi connectivity index (χ0) is 18.9. The normalized spacial score (nSPS) is 18.5. The lowest BCUT2D eigenvalue weighted by Gasteiger charge is -2.30. The number of aliphatic imine (C=N–C) groups is 1. The number of rotatable bonds is 3. The minimum absolute atomic E-state index is 0.311. The predicted molar refractivity (Wildman–Crippen MR) is 102 cm³/mol. The summed E-state index contributed by atoms with van der Waals surface area (Å²) in [7, 11) is 0. The number of amidine groups is 1. The second kappa shape index (κ2) is 6.82. The fourth-order valence-corrected chi connectivity index (χ4v) is 3.38. The van der Waals surface area contributed by atoms with Crippen molar-refractivity contribution in [2.75, 3.05) is 6.54 Å². The van der Waals surface area contributed by atoms with Crippen molar-refractivity contribution in [2.45, 2.75) is 5.54 Å². The van der Waals surface area contributed by atoms with Gasteiger partial charge in [-0.25, -0.2) is 9.37 Å². The fraction of sp³-hybridized carbons (Fsp3) is 0.0952. The second-order valence-electron chi connectivity index (χ2n) is 6.24. The molecule has 3 aromatic rings. The summed E-state index contributed by atoms with van der Waals surface area (Å²) < 4.78 is 13.5. The summed E-state index contributed by atoms with van der Waals surface area (Å²) in [5.74, 6) is 0.340. The van der Waals surface area contributed by atoms with Gasteiger partial charge in [-0.2, -0.15) is 5.26 Å². The first-order valence-corrected chi connectivity index (χ1v) is 8.71. The highest BCUT2D eigenvalue weighted by Crippen LogP contribution is 2.33. The third-order valence-corrected chi connectivity index (χ3v) is 4.77. The average molecular weight is 377 g/mol. The average Bonchev–Trinajstić information content (AvgIpc) is 3.15. The van der Waals surface area contributed by atoms with Gasteiger partial charge in [-0.1, -0.05) is 41.9 Å². The molecule has 0 bridgehead atoms. The molecule has 2 aromatic carbocycles. The van der Waals surface area contributed by atoms with Crippen LogP contribution >= 0.6 is 11.6 Å². The van der Waals surface area contributed by atoms with E-state index in [1.807, 2.05) is 24.3 Å². The minimum Gasteiger partial charge on any atom is -0.353 e. The molecule has 0 saturated carbocycles. The summed E-state index contributed by atoms with van der Waals surface area (Å²) in [4.78, 5) is 9.13. The van der Waals surface area contributed by atoms with Crippen molar-refractivity contribution in [3.8, 4) is 6.07 Å². The minimum atomic E-state index is -0.767. The molecule has 0 spiro atoms. The summed E-state index contributed by atoms with van der Waals surface area (Å²) in [5.41, 5.74) is 2.11. The van der Waals surface area contributed by atoms with Crippen LogP contribution < -0.4 is 5.32 Å². The van der Waals surface area contributed by atoms with E-state index in [4.69, 9.17) is 16.9 Å². The standard InChI is InChI=1S/C21H14ClFN4/c22-19-6-2-5-18(26-19)21(16-7-9-17(23)10-8-16)13-25-20(27-21)15-4-1-3-14(11-15)12-24/h1-11H,13H2,(H,25,27). The predicted octanol–water partition coefficient (Wildman–Crippen LogP) is 4.04. The van der Waals surface area contributed by atoms with Crippen molar-refractivity contribution in [1.29, 1.82) is 5.26 Å². The molecule has 1 aromatic heterocycles. The van der Waals surface area contributed by atoms with Gasteiger partial charge in [-0.05, 0) is 42.0 Å². The monoisotopic (exact) mass is 376 g/mol. The number of pyridine rings is 1. The Morgan fingerprint density at radius 3 is 2.59 bits per heavy atom. The van der Waals surface area contributed by atoms with E-state index in [1.165, 1.54) is 12.1 Å². The molecule has 1 N–H and O–H groups in total. The maximum absolute atomic E-state index is 13.5. The van der Waals surface area contributed by atoms with Crippen molar-refractivity contribution >= 4 is 17.4 Å². The van der Waals surface area contributed by atoms with Gasteiger partial charge >= 0.3 is 0 Å². The Hall–Kier alpha value is -3.23. The Bertz CT molecular complexity index is 1070. The number of hydrogen-bond acceptors (Lipinski definition) is 4. The van der Waals surface area contributed by atoms with Gasteiger partial charge in [0, 0.05) is 5.56 Å². The number of benzene rings is 2. The van der Waals surface area contributed by atoms with Crippen molar-refractivity contribution in [3.63, 3.8) is 0 Å². The van der Waals surface area contributed by atoms with Gasteiger partial charge in [0.15, 0.2) is 0 Å². The van der Waals surface area contributed by atoms with E-state index >= 15 is 0 Å². The van der Waals surface area contributed by atoms with E-state index in [2.05, 4.69) is 21.4 Å². The Morgan fingerprint density at radius 1 is 1.07 bits per heavy atom. The third-order valence-electron chi connectivity index (χ3n) is 4.56. The molecule has 1 aliphatic rings. The zero-order valence-corrected chi connectivity index (χ0v) is 14.9. The molecular formula is C21H14ClFN4. The molecule has 1 atom stereocenters. The first-order chi connectivity index (χ1) is 13.1. The number of nitriles is 1. The number of nitrogens with zero attached hydrogens (tertiary/aromatic N) is 3. The quantitative estimate of drug-likeness (QED) is 0.702. The molecule has 27 heavy (non-hydrogen) atoms. The van der Waals surface area contributed by atoms with Crippen LogP contribution in [0.4, 0.5) is 4.39 Å². The van der Waals surface area contributed by atoms with Crippen LogP contribution in [0, 0.1) is 17.1 Å². The number of aromatic nitrogens is 1. The van der Waals surface area contributed by atoms with Crippen molar-refractivity contribution in [2.24, 2.45) is 4.99 Å². The van der Waals surface area contributed by atoms with Gasteiger partial charge in [-0.15, -0.1) is 0 Å². The first kappa shape index (κ1) is 17.2. The molecule has 4 nitrogen and oxygen atoms in total. The summed E-state index contributed by atoms with van der Waals surface area (Å²) in [6.45, 7) is 0.373. The van der Waals surface area contributed by atoms with Crippen molar-refractivity contribution in [1.82, 2.24) is 10.3 Å². The lowest BCUT2D eigenvalue weighted by molar-refractivity contribution is 0.506. The van der Waals surface area contributed by atoms with Crippen LogP contribution in [-0.4, -0.2) is 17.4 Å². The van der Waals surface area contributed by atoms with Crippen LogP contribution in [0.15, 0.2) is 71.7 Å². The second-order valence-corrected chi connectivity index (χ2v) is 6.63. The lowest BCUT2D eigenvalue weighted by atomic mass is 9.86. The van der Waals surface area contributed by atoms with E-state index in [0.29, 0.717) is 28.8 Å². The lowest BCUT2D eigenvalue weighted by Crippen LogP contribution is -2.45. The SMILES string of the molecule is N#Cc1cccc(C2=NCC(c3ccc(F)cc3)(c3cccc(Cl)n3)N2)c1. The highest BCUT2D eigenvalue weighted by molar-refractivity contribution is 6.29. The van der Waals surface area contributed by atoms with Gasteiger partial charge in [-0.3, -0.25) is 4.99 Å². The number of nitrogens with one attached hydrogen (secondary N) is 1. The summed E-state index contributed by atoms with van der Waals surface area (Å²) in [5, 5.41) is 13.0. The molecule has 1 aliphatic heterocycles. The van der Waals surface area contributed by atoms with Crippen LogP contribution in [0.5, 0.6) is 0 Å². The zero-order valence-electron chi connectivity index (χ0n) is 14.2. The molecule has 1 unspecified atom stereocenters. The molecular weight excluding hydrogens is 363 g/mol. The van der Waals surface area contributed by atoms with Crippen LogP contribution in [0.25, 0.3) is 0 Å². The van der Waals surface area contributed by atoms with Crippen LogP contribution in [0.1, 0.15) is 22.4 Å². The molecule has 0 radical (unpaired) electrons. The summed E-state index contributed by atoms with van der Waals surface area (Å²) in [6.07, 6.45) is 0. The maximum Gasteiger partial charge on any atom is 0.129 e. The Balaban J connectivity index is 1.79. The number of hydrogen-bond donors (Lipinski definition) is 1. The molecule has 2 heterocycles. The molecule has 4 rings (SSSR count). The topological polar surface area (TPSA) is 61.1 Å². The van der Waals surface area contributed by atoms with Crippen molar-refractivity contribution in [3.05, 3.63) is 100 Å². The highest BCUT2D eigenvalue weighted by Gasteiger charge is 2.40. The van der Waals surface area contributed by atoms with Gasteiger partial charge in [0.2, 0.25) is 0 Å². The van der Waals surface area contributed by atoms with Crippen LogP contribution in [0.2, 0.25) is 5.15 Å². The Labute approximate surface area is 161 Å². The Morgan fingerprint density at radius 2 is 1.85 bits per heavy atom. The third kappa shape index (κ3) is 3.16. The molecule has 6 heteroatoms. The van der Waals surface area contributed by atoms with Crippen LogP contribution in [-0.2, 0) is 5.54 Å². The van der Waals surface area contributed by atoms with Gasteiger partial charge < -0.3 is 5.32 Å². The van der Waals surface area contributed by atoms with E-state index < -0.39 is 5.54 Å². The largest absolute Gasteiger partial charge is 0.353 e. The van der Waals surface area contributed by atoms with E-state index in [9.17, 15) is 4.39 Å². The molecule has 0 amide bonds. The van der Waals surface area contributed by atoms with Crippen LogP contribution in [0.3, 0.4) is 0 Å². The summed E-state index contributed by atoms with van der Waals surface area (Å²) in [6, 6.07) is 21.0. The van der Waals surface area contributed by atoms with Gasteiger partial charge in [0.1, 0.15) is 22.3 Å². The Kier molecular flexibility index (Phi) is 4.35. The highest BCUT2D eigenvalue weighted by atomic mass is 35.5. The van der Waals surface area contributed by atoms with Gasteiger partial charge in [0.25, 0.3) is 0 Å². The number of halogens is 2. The van der Waals surface area contributed by atoms with Gasteiger partial charge in [0.05, 0.1) is 23.9 Å². The fourth-order valence-electron chi connectivity index (χ4n) is 3.22. The molecule has 0 fully saturated rings. The molecule has 132 valence electrons. The molecule has 0 saturated heterocycles. The molecule has 0 aliphatic carbocycles. The smallest absolute Gasteiger partial charge is 0.129 e. The van der Waals surface area contributed by atoms with E-state index in [0.717, 1.165) is 11.1 Å². The van der Waals surface area contributed by atoms with Crippen molar-refractivity contribution < 1.29 is 4.39 Å². The van der Waals surface area contributed by atoms with E-state index in [1.54, 1.807) is 30.3 Å². The summed E-state index contributed by atoms with van der Waals surface area (Å²) >= 11 is 6.12. The first-order valence-electron chi connectivity index (χ1n) is 8.33. The van der Waals surface area contributed by atoms with E-state index in [-0.39, 0.29) is 5.82 Å².